The van der Waals surface area contributed by atoms with Crippen LogP contribution >= 0.6 is 0 Å². The number of rotatable bonds is 5. The average Bonchev–Trinajstić information content (AvgIpc) is 3.36. The van der Waals surface area contributed by atoms with Crippen molar-refractivity contribution in [3.63, 3.8) is 0 Å². The van der Waals surface area contributed by atoms with Crippen molar-refractivity contribution in [2.24, 2.45) is 0 Å². The molecule has 1 unspecified atom stereocenters. The number of nitrogens with one attached hydrogen (secondary N) is 2. The Kier molecular flexibility index (Phi) is 4.61. The minimum Gasteiger partial charge on any atom is -0.459 e. The van der Waals surface area contributed by atoms with E-state index >= 15 is 0 Å². The van der Waals surface area contributed by atoms with Crippen molar-refractivity contribution in [1.29, 1.82) is 0 Å². The predicted octanol–water partition coefficient (Wildman–Crippen LogP) is 4.18. The summed E-state index contributed by atoms with van der Waals surface area (Å²) in [5.41, 5.74) is 2.77. The smallest absolute Gasteiger partial charge is 0.315 e. The zero-order chi connectivity index (χ0) is 18.6. The van der Waals surface area contributed by atoms with Crippen molar-refractivity contribution in [2.45, 2.75) is 19.5 Å². The van der Waals surface area contributed by atoms with Crippen LogP contribution in [0.5, 0.6) is 0 Å². The summed E-state index contributed by atoms with van der Waals surface area (Å²) >= 11 is 0. The zero-order valence-corrected chi connectivity index (χ0v) is 14.9. The molecule has 6 nitrogen and oxygen atoms in total. The van der Waals surface area contributed by atoms with Crippen LogP contribution in [0.4, 0.5) is 4.79 Å². The molecule has 0 aliphatic rings. The predicted molar refractivity (Wildman–Crippen MR) is 104 cm³/mol. The lowest BCUT2D eigenvalue weighted by molar-refractivity contribution is 0.236. The zero-order valence-electron chi connectivity index (χ0n) is 14.9. The van der Waals surface area contributed by atoms with Crippen molar-refractivity contribution >= 4 is 17.0 Å². The highest BCUT2D eigenvalue weighted by atomic mass is 16.3. The first-order valence-electron chi connectivity index (χ1n) is 8.81. The van der Waals surface area contributed by atoms with E-state index in [1.165, 1.54) is 0 Å². The lowest BCUT2D eigenvalue weighted by atomic mass is 10.2. The van der Waals surface area contributed by atoms with Crippen LogP contribution in [0.3, 0.4) is 0 Å². The maximum Gasteiger partial charge on any atom is 0.315 e. The molecular weight excluding hydrogens is 340 g/mol. The molecule has 2 amide bonds. The van der Waals surface area contributed by atoms with E-state index in [4.69, 9.17) is 4.42 Å². The molecule has 6 heteroatoms. The van der Waals surface area contributed by atoms with E-state index in [0.29, 0.717) is 6.54 Å². The summed E-state index contributed by atoms with van der Waals surface area (Å²) < 4.78 is 7.58. The lowest BCUT2D eigenvalue weighted by Crippen LogP contribution is -2.36. The Morgan fingerprint density at radius 2 is 2.04 bits per heavy atom. The van der Waals surface area contributed by atoms with Gasteiger partial charge in [0.2, 0.25) is 0 Å². The molecule has 4 aromatic rings. The second kappa shape index (κ2) is 7.37. The molecule has 2 N–H and O–H groups in total. The molecular formula is C21H20N4O2. The van der Waals surface area contributed by atoms with Gasteiger partial charge in [0.1, 0.15) is 11.3 Å². The number of urea groups is 1. The number of benzene rings is 2. The maximum atomic E-state index is 12.2. The first-order valence-corrected chi connectivity index (χ1v) is 8.81. The van der Waals surface area contributed by atoms with Gasteiger partial charge in [-0.1, -0.05) is 30.3 Å². The van der Waals surface area contributed by atoms with E-state index in [9.17, 15) is 4.79 Å². The molecule has 136 valence electrons. The van der Waals surface area contributed by atoms with Crippen molar-refractivity contribution < 1.29 is 9.21 Å². The third kappa shape index (κ3) is 3.84. The molecule has 0 fully saturated rings. The number of furan rings is 1. The largest absolute Gasteiger partial charge is 0.459 e. The summed E-state index contributed by atoms with van der Waals surface area (Å²) in [5, 5.41) is 11.0. The van der Waals surface area contributed by atoms with Gasteiger partial charge in [-0.05, 0) is 42.8 Å². The molecule has 0 aliphatic heterocycles. The number of carbonyl (C=O) groups is 1. The molecule has 1 atom stereocenters. The molecule has 0 aliphatic carbocycles. The highest BCUT2D eigenvalue weighted by molar-refractivity contribution is 5.78. The fourth-order valence-electron chi connectivity index (χ4n) is 2.95. The van der Waals surface area contributed by atoms with E-state index in [0.717, 1.165) is 28.0 Å². The number of hydrogen-bond donors (Lipinski definition) is 2. The lowest BCUT2D eigenvalue weighted by Gasteiger charge is -2.13. The van der Waals surface area contributed by atoms with E-state index in [1.807, 2.05) is 73.8 Å². The molecule has 4 rings (SSSR count). The van der Waals surface area contributed by atoms with Gasteiger partial charge in [0.15, 0.2) is 0 Å². The minimum atomic E-state index is -0.243. The van der Waals surface area contributed by atoms with Gasteiger partial charge in [-0.25, -0.2) is 9.48 Å². The number of nitrogens with zero attached hydrogens (tertiary/aromatic N) is 2. The first-order chi connectivity index (χ1) is 13.2. The number of para-hydroxylation sites is 1. The Morgan fingerprint density at radius 3 is 2.85 bits per heavy atom. The van der Waals surface area contributed by atoms with Crippen molar-refractivity contribution in [3.05, 3.63) is 84.4 Å². The Bertz CT molecular complexity index is 1020. The molecule has 2 aromatic carbocycles. The summed E-state index contributed by atoms with van der Waals surface area (Å²) in [6.45, 7) is 2.32. The Morgan fingerprint density at radius 1 is 1.15 bits per heavy atom. The molecule has 0 radical (unpaired) electrons. The molecule has 2 aromatic heterocycles. The van der Waals surface area contributed by atoms with Crippen molar-refractivity contribution in [2.75, 3.05) is 0 Å². The summed E-state index contributed by atoms with van der Waals surface area (Å²) in [4.78, 5) is 12.2. The Balaban J connectivity index is 1.36. The SMILES string of the molecule is CC(NC(=O)NCc1cccc(-n2cccn2)c1)c1cc2ccccc2o1. The van der Waals surface area contributed by atoms with Crippen LogP contribution < -0.4 is 10.6 Å². The highest BCUT2D eigenvalue weighted by Crippen LogP contribution is 2.23. The maximum absolute atomic E-state index is 12.2. The van der Waals surface area contributed by atoms with Gasteiger partial charge in [0, 0.05) is 24.3 Å². The summed E-state index contributed by atoms with van der Waals surface area (Å²) in [5.74, 6) is 0.729. The van der Waals surface area contributed by atoms with Crippen LogP contribution in [0.2, 0.25) is 0 Å². The van der Waals surface area contributed by atoms with Crippen molar-refractivity contribution in [1.82, 2.24) is 20.4 Å². The highest BCUT2D eigenvalue weighted by Gasteiger charge is 2.14. The summed E-state index contributed by atoms with van der Waals surface area (Å²) in [6, 6.07) is 19.0. The number of hydrogen-bond acceptors (Lipinski definition) is 3. The van der Waals surface area contributed by atoms with E-state index in [-0.39, 0.29) is 12.1 Å². The summed E-state index contributed by atoms with van der Waals surface area (Å²) in [6.07, 6.45) is 3.62. The fourth-order valence-corrected chi connectivity index (χ4v) is 2.95. The van der Waals surface area contributed by atoms with Gasteiger partial charge in [-0.3, -0.25) is 0 Å². The minimum absolute atomic E-state index is 0.229. The Hall–Kier alpha value is -3.54. The number of amides is 2. The number of fused-ring (bicyclic) bond motifs is 1. The normalized spacial score (nSPS) is 12.0. The monoisotopic (exact) mass is 360 g/mol. The molecule has 0 saturated heterocycles. The van der Waals surface area contributed by atoms with Crippen LogP contribution in [0.1, 0.15) is 24.3 Å². The van der Waals surface area contributed by atoms with Crippen LogP contribution in [0.25, 0.3) is 16.7 Å². The van der Waals surface area contributed by atoms with E-state index < -0.39 is 0 Å². The van der Waals surface area contributed by atoms with Crippen LogP contribution in [0, 0.1) is 0 Å². The van der Waals surface area contributed by atoms with Crippen LogP contribution in [-0.4, -0.2) is 15.8 Å². The summed E-state index contributed by atoms with van der Waals surface area (Å²) in [7, 11) is 0. The average molecular weight is 360 g/mol. The second-order valence-corrected chi connectivity index (χ2v) is 6.36. The number of carbonyl (C=O) groups excluding carboxylic acids is 1. The topological polar surface area (TPSA) is 72.1 Å². The van der Waals surface area contributed by atoms with Gasteiger partial charge >= 0.3 is 6.03 Å². The van der Waals surface area contributed by atoms with E-state index in [1.54, 1.807) is 10.9 Å². The Labute approximate surface area is 156 Å². The van der Waals surface area contributed by atoms with Gasteiger partial charge in [-0.2, -0.15) is 5.10 Å². The van der Waals surface area contributed by atoms with Gasteiger partial charge in [0.25, 0.3) is 0 Å². The van der Waals surface area contributed by atoms with Crippen LogP contribution in [-0.2, 0) is 6.54 Å². The molecule has 2 heterocycles. The molecule has 27 heavy (non-hydrogen) atoms. The third-order valence-corrected chi connectivity index (χ3v) is 4.35. The quantitative estimate of drug-likeness (QED) is 0.561. The standard InChI is InChI=1S/C21H20N4O2/c1-15(20-13-17-7-2-3-9-19(17)27-20)24-21(26)22-14-16-6-4-8-18(12-16)25-11-5-10-23-25/h2-13,15H,14H2,1H3,(H2,22,24,26). The second-order valence-electron chi connectivity index (χ2n) is 6.36. The number of aromatic nitrogens is 2. The van der Waals surface area contributed by atoms with Gasteiger partial charge < -0.3 is 15.1 Å². The first kappa shape index (κ1) is 16.9. The van der Waals surface area contributed by atoms with Crippen molar-refractivity contribution in [3.8, 4) is 5.69 Å². The van der Waals surface area contributed by atoms with E-state index in [2.05, 4.69) is 15.7 Å². The molecule has 0 saturated carbocycles. The fraction of sp³-hybridized carbons (Fsp3) is 0.143. The third-order valence-electron chi connectivity index (χ3n) is 4.35. The van der Waals surface area contributed by atoms with Gasteiger partial charge in [0.05, 0.1) is 11.7 Å². The van der Waals surface area contributed by atoms with Gasteiger partial charge in [-0.15, -0.1) is 0 Å². The van der Waals surface area contributed by atoms with Crippen LogP contribution in [0.15, 0.2) is 77.5 Å². The molecule has 0 spiro atoms. The molecule has 0 bridgehead atoms.